The first-order valence-corrected chi connectivity index (χ1v) is 5.04. The number of hydrogen-bond acceptors (Lipinski definition) is 1. The standard InChI is InChI=1S/C10H18F3NO/c1-7(2)5-6-14(8(3)4)9(15)10(11,12)13/h7-8H,5-6H2,1-4H3. The number of alkyl halides is 3. The SMILES string of the molecule is CC(C)CCN(C(=O)C(F)(F)F)C(C)C. The minimum atomic E-state index is -4.76. The van der Waals surface area contributed by atoms with Crippen LogP contribution in [-0.4, -0.2) is 29.6 Å². The van der Waals surface area contributed by atoms with Crippen LogP contribution in [0.25, 0.3) is 0 Å². The van der Waals surface area contributed by atoms with Crippen molar-refractivity contribution < 1.29 is 18.0 Å². The first-order chi connectivity index (χ1) is 6.66. The van der Waals surface area contributed by atoms with Gasteiger partial charge in [-0.1, -0.05) is 13.8 Å². The molecule has 2 nitrogen and oxygen atoms in total. The second-order valence-corrected chi connectivity index (χ2v) is 4.27. The summed E-state index contributed by atoms with van der Waals surface area (Å²) in [5.74, 6) is -1.45. The van der Waals surface area contributed by atoms with E-state index in [1.165, 1.54) is 0 Å². The molecule has 0 saturated heterocycles. The Balaban J connectivity index is 4.47. The highest BCUT2D eigenvalue weighted by Gasteiger charge is 2.42. The molecule has 0 aromatic rings. The Labute approximate surface area is 88.4 Å². The van der Waals surface area contributed by atoms with Crippen molar-refractivity contribution in [2.45, 2.75) is 46.3 Å². The van der Waals surface area contributed by atoms with Crippen LogP contribution >= 0.6 is 0 Å². The number of carbonyl (C=O) groups is 1. The molecule has 0 unspecified atom stereocenters. The molecule has 0 spiro atoms. The van der Waals surface area contributed by atoms with E-state index in [9.17, 15) is 18.0 Å². The smallest absolute Gasteiger partial charge is 0.332 e. The first-order valence-electron chi connectivity index (χ1n) is 5.04. The van der Waals surface area contributed by atoms with Crippen LogP contribution in [0.3, 0.4) is 0 Å². The van der Waals surface area contributed by atoms with Crippen LogP contribution in [0.15, 0.2) is 0 Å². The molecular formula is C10H18F3NO. The van der Waals surface area contributed by atoms with E-state index in [2.05, 4.69) is 0 Å². The van der Waals surface area contributed by atoms with Crippen LogP contribution in [-0.2, 0) is 4.79 Å². The van der Waals surface area contributed by atoms with E-state index in [0.717, 1.165) is 4.90 Å². The third-order valence-electron chi connectivity index (χ3n) is 2.07. The molecule has 0 rings (SSSR count). The summed E-state index contributed by atoms with van der Waals surface area (Å²) < 4.78 is 36.6. The van der Waals surface area contributed by atoms with Crippen molar-refractivity contribution >= 4 is 5.91 Å². The normalized spacial score (nSPS) is 12.3. The van der Waals surface area contributed by atoms with Crippen molar-refractivity contribution in [3.05, 3.63) is 0 Å². The van der Waals surface area contributed by atoms with Crippen LogP contribution in [0.2, 0.25) is 0 Å². The average Bonchev–Trinajstić information content (AvgIpc) is 2.01. The molecule has 0 fully saturated rings. The lowest BCUT2D eigenvalue weighted by molar-refractivity contribution is -0.187. The summed E-state index contributed by atoms with van der Waals surface area (Å²) in [6.45, 7) is 7.16. The largest absolute Gasteiger partial charge is 0.471 e. The fourth-order valence-electron chi connectivity index (χ4n) is 1.15. The molecule has 0 N–H and O–H groups in total. The minimum absolute atomic E-state index is 0.160. The van der Waals surface area contributed by atoms with E-state index in [1.807, 2.05) is 13.8 Å². The predicted octanol–water partition coefficient (Wildman–Crippen LogP) is 2.83. The minimum Gasteiger partial charge on any atom is -0.332 e. The summed E-state index contributed by atoms with van der Waals surface area (Å²) in [5.41, 5.74) is 0. The number of rotatable bonds is 4. The van der Waals surface area contributed by atoms with Gasteiger partial charge in [-0.05, 0) is 26.2 Å². The van der Waals surface area contributed by atoms with E-state index in [1.54, 1.807) is 13.8 Å². The number of nitrogens with zero attached hydrogens (tertiary/aromatic N) is 1. The highest BCUT2D eigenvalue weighted by Crippen LogP contribution is 2.20. The van der Waals surface area contributed by atoms with Crippen molar-refractivity contribution in [3.63, 3.8) is 0 Å². The summed E-state index contributed by atoms with van der Waals surface area (Å²) in [7, 11) is 0. The highest BCUT2D eigenvalue weighted by molar-refractivity contribution is 5.82. The Bertz CT molecular complexity index is 211. The van der Waals surface area contributed by atoms with Gasteiger partial charge in [0.1, 0.15) is 0 Å². The van der Waals surface area contributed by atoms with Crippen LogP contribution in [0.4, 0.5) is 13.2 Å². The fourth-order valence-corrected chi connectivity index (χ4v) is 1.15. The van der Waals surface area contributed by atoms with Gasteiger partial charge in [-0.3, -0.25) is 4.79 Å². The fraction of sp³-hybridized carbons (Fsp3) is 0.900. The molecule has 0 atom stereocenters. The molecule has 15 heavy (non-hydrogen) atoms. The highest BCUT2D eigenvalue weighted by atomic mass is 19.4. The van der Waals surface area contributed by atoms with Gasteiger partial charge < -0.3 is 4.90 Å². The van der Waals surface area contributed by atoms with Crippen molar-refractivity contribution in [1.82, 2.24) is 4.90 Å². The second-order valence-electron chi connectivity index (χ2n) is 4.27. The van der Waals surface area contributed by atoms with Crippen molar-refractivity contribution in [2.24, 2.45) is 5.92 Å². The van der Waals surface area contributed by atoms with Gasteiger partial charge in [0.25, 0.3) is 0 Å². The van der Waals surface area contributed by atoms with E-state index >= 15 is 0 Å². The monoisotopic (exact) mass is 225 g/mol. The van der Waals surface area contributed by atoms with Gasteiger partial charge in [0.2, 0.25) is 0 Å². The second kappa shape index (κ2) is 5.37. The zero-order valence-electron chi connectivity index (χ0n) is 9.56. The van der Waals surface area contributed by atoms with Gasteiger partial charge in [-0.2, -0.15) is 13.2 Å². The van der Waals surface area contributed by atoms with Gasteiger partial charge in [0, 0.05) is 12.6 Å². The van der Waals surface area contributed by atoms with Crippen molar-refractivity contribution in [3.8, 4) is 0 Å². The quantitative estimate of drug-likeness (QED) is 0.720. The first kappa shape index (κ1) is 14.3. The molecule has 0 bridgehead atoms. The average molecular weight is 225 g/mol. The van der Waals surface area contributed by atoms with Gasteiger partial charge in [0.05, 0.1) is 0 Å². The predicted molar refractivity (Wildman–Crippen MR) is 52.4 cm³/mol. The lowest BCUT2D eigenvalue weighted by atomic mass is 10.1. The summed E-state index contributed by atoms with van der Waals surface area (Å²) in [6.07, 6.45) is -4.18. The van der Waals surface area contributed by atoms with Gasteiger partial charge in [0.15, 0.2) is 0 Å². The molecule has 0 aromatic carbocycles. The summed E-state index contributed by atoms with van der Waals surface area (Å²) in [6, 6.07) is -0.419. The van der Waals surface area contributed by atoms with Crippen LogP contribution in [0.5, 0.6) is 0 Å². The molecule has 0 saturated carbocycles. The van der Waals surface area contributed by atoms with E-state index in [-0.39, 0.29) is 12.5 Å². The molecule has 0 aliphatic rings. The van der Waals surface area contributed by atoms with Crippen LogP contribution < -0.4 is 0 Å². The van der Waals surface area contributed by atoms with E-state index < -0.39 is 18.1 Å². The zero-order valence-corrected chi connectivity index (χ0v) is 9.56. The van der Waals surface area contributed by atoms with E-state index in [4.69, 9.17) is 0 Å². The Morgan fingerprint density at radius 2 is 1.67 bits per heavy atom. The van der Waals surface area contributed by atoms with Gasteiger partial charge >= 0.3 is 12.1 Å². The van der Waals surface area contributed by atoms with Crippen LogP contribution in [0.1, 0.15) is 34.1 Å². The molecule has 0 aliphatic carbocycles. The maximum absolute atomic E-state index is 12.2. The maximum atomic E-state index is 12.2. The molecule has 0 heterocycles. The van der Waals surface area contributed by atoms with Crippen LogP contribution in [0, 0.1) is 5.92 Å². The van der Waals surface area contributed by atoms with Gasteiger partial charge in [-0.25, -0.2) is 0 Å². The van der Waals surface area contributed by atoms with Crippen molar-refractivity contribution in [1.29, 1.82) is 0 Å². The summed E-state index contributed by atoms with van der Waals surface area (Å²) in [5, 5.41) is 0. The molecular weight excluding hydrogens is 207 g/mol. The molecule has 5 heteroatoms. The topological polar surface area (TPSA) is 20.3 Å². The number of hydrogen-bond donors (Lipinski definition) is 0. The molecule has 0 aromatic heterocycles. The van der Waals surface area contributed by atoms with Gasteiger partial charge in [-0.15, -0.1) is 0 Å². The molecule has 90 valence electrons. The Kier molecular flexibility index (Phi) is 5.11. The molecule has 0 aliphatic heterocycles. The maximum Gasteiger partial charge on any atom is 0.471 e. The summed E-state index contributed by atoms with van der Waals surface area (Å²) >= 11 is 0. The number of halogens is 3. The summed E-state index contributed by atoms with van der Waals surface area (Å²) in [4.78, 5) is 11.9. The lowest BCUT2D eigenvalue weighted by Gasteiger charge is -2.28. The lowest BCUT2D eigenvalue weighted by Crippen LogP contribution is -2.45. The Morgan fingerprint density at radius 3 is 1.93 bits per heavy atom. The third-order valence-corrected chi connectivity index (χ3v) is 2.07. The number of amides is 1. The number of carbonyl (C=O) groups excluding carboxylic acids is 1. The zero-order chi connectivity index (χ0) is 12.2. The van der Waals surface area contributed by atoms with E-state index in [0.29, 0.717) is 6.42 Å². The molecule has 0 radical (unpaired) electrons. The molecule has 1 amide bonds. The Hall–Kier alpha value is -0.740. The Morgan fingerprint density at radius 1 is 1.20 bits per heavy atom. The van der Waals surface area contributed by atoms with Crippen molar-refractivity contribution in [2.75, 3.05) is 6.54 Å². The third kappa shape index (κ3) is 5.04.